The van der Waals surface area contributed by atoms with Crippen molar-refractivity contribution in [2.75, 3.05) is 5.32 Å². The Morgan fingerprint density at radius 2 is 1.88 bits per heavy atom. The summed E-state index contributed by atoms with van der Waals surface area (Å²) in [6.07, 6.45) is 3.14. The van der Waals surface area contributed by atoms with Crippen molar-refractivity contribution in [3.63, 3.8) is 0 Å². The van der Waals surface area contributed by atoms with Crippen LogP contribution in [0.25, 0.3) is 0 Å². The average Bonchev–Trinajstić information content (AvgIpc) is 3.22. The molecule has 1 aliphatic carbocycles. The first kappa shape index (κ1) is 17.2. The Labute approximate surface area is 148 Å². The molecule has 130 valence electrons. The molecule has 2 amide bonds. The first-order valence-corrected chi connectivity index (χ1v) is 8.88. The number of anilines is 1. The van der Waals surface area contributed by atoms with Crippen LogP contribution < -0.4 is 10.6 Å². The molecule has 0 fully saturated rings. The number of fused-ring (bicyclic) bond motifs is 1. The van der Waals surface area contributed by atoms with Gasteiger partial charge in [-0.15, -0.1) is 11.3 Å². The number of amides is 2. The maximum Gasteiger partial charge on any atom is 0.325 e. The molecule has 1 atom stereocenters. The standard InChI is InChI=1S/C18H18N2O4S/c1-10(18(23)24)19-16(22)14-7-8-25-17(14)20-15(21)13-6-5-11-3-2-4-12(11)9-13/h5-10H,2-4H2,1H3,(H,19,22)(H,20,21)(H,23,24). The summed E-state index contributed by atoms with van der Waals surface area (Å²) in [5, 5.41) is 16.1. The number of carbonyl (C=O) groups is 3. The van der Waals surface area contributed by atoms with Gasteiger partial charge in [-0.05, 0) is 60.9 Å². The van der Waals surface area contributed by atoms with Crippen molar-refractivity contribution in [1.29, 1.82) is 0 Å². The van der Waals surface area contributed by atoms with Crippen LogP contribution in [0, 0.1) is 0 Å². The number of carboxylic acids is 1. The fourth-order valence-corrected chi connectivity index (χ4v) is 3.59. The van der Waals surface area contributed by atoms with Crippen LogP contribution in [-0.2, 0) is 17.6 Å². The van der Waals surface area contributed by atoms with Crippen molar-refractivity contribution in [2.24, 2.45) is 0 Å². The zero-order valence-corrected chi connectivity index (χ0v) is 14.5. The fraction of sp³-hybridized carbons (Fsp3) is 0.278. The summed E-state index contributed by atoms with van der Waals surface area (Å²) in [6.45, 7) is 1.38. The monoisotopic (exact) mass is 358 g/mol. The van der Waals surface area contributed by atoms with E-state index in [2.05, 4.69) is 10.6 Å². The molecule has 2 aromatic rings. The minimum absolute atomic E-state index is 0.257. The summed E-state index contributed by atoms with van der Waals surface area (Å²) in [5.74, 6) is -1.93. The van der Waals surface area contributed by atoms with E-state index in [-0.39, 0.29) is 11.5 Å². The van der Waals surface area contributed by atoms with Crippen LogP contribution in [0.3, 0.4) is 0 Å². The quantitative estimate of drug-likeness (QED) is 0.766. The Balaban J connectivity index is 1.73. The normalized spacial score (nSPS) is 13.8. The summed E-state index contributed by atoms with van der Waals surface area (Å²) in [6, 6.07) is 6.23. The van der Waals surface area contributed by atoms with Crippen LogP contribution in [0.2, 0.25) is 0 Å². The third kappa shape index (κ3) is 3.71. The Bertz CT molecular complexity index is 843. The summed E-state index contributed by atoms with van der Waals surface area (Å²) >= 11 is 1.22. The van der Waals surface area contributed by atoms with Crippen molar-refractivity contribution in [3.05, 3.63) is 51.9 Å². The predicted octanol–water partition coefficient (Wildman–Crippen LogP) is 2.69. The number of benzene rings is 1. The predicted molar refractivity (Wildman–Crippen MR) is 95.3 cm³/mol. The van der Waals surface area contributed by atoms with Crippen molar-refractivity contribution in [1.82, 2.24) is 5.32 Å². The number of carbonyl (C=O) groups excluding carboxylic acids is 2. The molecule has 1 aliphatic rings. The van der Waals surface area contributed by atoms with Gasteiger partial charge in [0, 0.05) is 5.56 Å². The van der Waals surface area contributed by atoms with Crippen molar-refractivity contribution in [3.8, 4) is 0 Å². The Morgan fingerprint density at radius 3 is 2.64 bits per heavy atom. The van der Waals surface area contributed by atoms with E-state index in [1.165, 1.54) is 29.4 Å². The van der Waals surface area contributed by atoms with E-state index >= 15 is 0 Å². The third-order valence-corrected chi connectivity index (χ3v) is 5.05. The molecule has 7 heteroatoms. The lowest BCUT2D eigenvalue weighted by Gasteiger charge is -2.11. The molecule has 0 saturated heterocycles. The van der Waals surface area contributed by atoms with E-state index in [4.69, 9.17) is 5.11 Å². The molecule has 1 aromatic heterocycles. The van der Waals surface area contributed by atoms with Crippen LogP contribution in [-0.4, -0.2) is 28.9 Å². The van der Waals surface area contributed by atoms with Crippen LogP contribution in [0.4, 0.5) is 5.00 Å². The minimum atomic E-state index is -1.12. The lowest BCUT2D eigenvalue weighted by atomic mass is 10.1. The van der Waals surface area contributed by atoms with Crippen molar-refractivity contribution < 1.29 is 19.5 Å². The Hall–Kier alpha value is -2.67. The highest BCUT2D eigenvalue weighted by molar-refractivity contribution is 7.14. The van der Waals surface area contributed by atoms with Gasteiger partial charge in [0.1, 0.15) is 11.0 Å². The Morgan fingerprint density at radius 1 is 1.12 bits per heavy atom. The van der Waals surface area contributed by atoms with E-state index in [0.717, 1.165) is 19.3 Å². The van der Waals surface area contributed by atoms with Gasteiger partial charge in [0.2, 0.25) is 0 Å². The van der Waals surface area contributed by atoms with Gasteiger partial charge in [-0.3, -0.25) is 14.4 Å². The molecule has 0 aliphatic heterocycles. The second kappa shape index (κ2) is 7.06. The van der Waals surface area contributed by atoms with Gasteiger partial charge in [0.15, 0.2) is 0 Å². The van der Waals surface area contributed by atoms with Crippen LogP contribution in [0.1, 0.15) is 45.2 Å². The number of thiophene rings is 1. The number of hydrogen-bond acceptors (Lipinski definition) is 4. The molecule has 0 radical (unpaired) electrons. The number of rotatable bonds is 5. The number of hydrogen-bond donors (Lipinski definition) is 3. The van der Waals surface area contributed by atoms with Gasteiger partial charge in [0.25, 0.3) is 11.8 Å². The molecule has 1 aromatic carbocycles. The van der Waals surface area contributed by atoms with Gasteiger partial charge >= 0.3 is 5.97 Å². The van der Waals surface area contributed by atoms with Gasteiger partial charge in [-0.2, -0.15) is 0 Å². The fourth-order valence-electron chi connectivity index (χ4n) is 2.81. The minimum Gasteiger partial charge on any atom is -0.480 e. The molecular weight excluding hydrogens is 340 g/mol. The highest BCUT2D eigenvalue weighted by atomic mass is 32.1. The van der Waals surface area contributed by atoms with Crippen molar-refractivity contribution in [2.45, 2.75) is 32.2 Å². The van der Waals surface area contributed by atoms with Gasteiger partial charge in [-0.1, -0.05) is 6.07 Å². The van der Waals surface area contributed by atoms with E-state index in [0.29, 0.717) is 10.6 Å². The molecule has 3 rings (SSSR count). The average molecular weight is 358 g/mol. The number of aryl methyl sites for hydroxylation is 2. The molecule has 3 N–H and O–H groups in total. The summed E-state index contributed by atoms with van der Waals surface area (Å²) in [7, 11) is 0. The first-order chi connectivity index (χ1) is 12.0. The second-order valence-corrected chi connectivity index (χ2v) is 6.90. The van der Waals surface area contributed by atoms with E-state index < -0.39 is 17.9 Å². The lowest BCUT2D eigenvalue weighted by Crippen LogP contribution is -2.38. The molecule has 0 bridgehead atoms. The molecule has 0 saturated carbocycles. The molecule has 0 spiro atoms. The number of nitrogens with one attached hydrogen (secondary N) is 2. The van der Waals surface area contributed by atoms with E-state index in [1.807, 2.05) is 12.1 Å². The zero-order chi connectivity index (χ0) is 18.0. The SMILES string of the molecule is CC(NC(=O)c1ccsc1NC(=O)c1ccc2c(c1)CCC2)C(=O)O. The Kier molecular flexibility index (Phi) is 4.85. The van der Waals surface area contributed by atoms with Crippen LogP contribution in [0.5, 0.6) is 0 Å². The van der Waals surface area contributed by atoms with Gasteiger partial charge in [0.05, 0.1) is 5.56 Å². The van der Waals surface area contributed by atoms with E-state index in [9.17, 15) is 14.4 Å². The highest BCUT2D eigenvalue weighted by Gasteiger charge is 2.20. The van der Waals surface area contributed by atoms with Crippen molar-refractivity contribution >= 4 is 34.1 Å². The maximum absolute atomic E-state index is 12.5. The largest absolute Gasteiger partial charge is 0.480 e. The maximum atomic E-state index is 12.5. The highest BCUT2D eigenvalue weighted by Crippen LogP contribution is 2.26. The topological polar surface area (TPSA) is 95.5 Å². The summed E-state index contributed by atoms with van der Waals surface area (Å²) in [4.78, 5) is 35.5. The first-order valence-electron chi connectivity index (χ1n) is 8.00. The third-order valence-electron chi connectivity index (χ3n) is 4.22. The van der Waals surface area contributed by atoms with Gasteiger partial charge < -0.3 is 15.7 Å². The summed E-state index contributed by atoms with van der Waals surface area (Å²) < 4.78 is 0. The lowest BCUT2D eigenvalue weighted by molar-refractivity contribution is -0.138. The summed E-state index contributed by atoms with van der Waals surface area (Å²) in [5.41, 5.74) is 3.30. The van der Waals surface area contributed by atoms with Crippen LogP contribution >= 0.6 is 11.3 Å². The molecular formula is C18H18N2O4S. The number of aliphatic carboxylic acids is 1. The smallest absolute Gasteiger partial charge is 0.325 e. The van der Waals surface area contributed by atoms with Gasteiger partial charge in [-0.25, -0.2) is 0 Å². The van der Waals surface area contributed by atoms with Crippen LogP contribution in [0.15, 0.2) is 29.6 Å². The second-order valence-electron chi connectivity index (χ2n) is 5.99. The molecule has 25 heavy (non-hydrogen) atoms. The van der Waals surface area contributed by atoms with E-state index in [1.54, 1.807) is 17.5 Å². The molecule has 1 unspecified atom stereocenters. The molecule has 1 heterocycles. The zero-order valence-electron chi connectivity index (χ0n) is 13.7. The number of carboxylic acid groups (broad SMARTS) is 1. The molecule has 6 nitrogen and oxygen atoms in total.